The van der Waals surface area contributed by atoms with E-state index in [0.717, 1.165) is 0 Å². The molecule has 2 N–H and O–H groups in total. The zero-order valence-electron chi connectivity index (χ0n) is 9.71. The SMILES string of the molecule is CC(C)[C@H](CCC(=O)OCC(F)(F)F)C(N)=O. The quantitative estimate of drug-likeness (QED) is 0.733. The second kappa shape index (κ2) is 6.46. The number of hydrogen-bond acceptors (Lipinski definition) is 3. The molecule has 0 aliphatic heterocycles. The van der Waals surface area contributed by atoms with Crippen molar-refractivity contribution in [3.8, 4) is 0 Å². The molecule has 0 spiro atoms. The first-order valence-corrected chi connectivity index (χ1v) is 5.15. The zero-order valence-corrected chi connectivity index (χ0v) is 9.71. The molecule has 0 saturated heterocycles. The lowest BCUT2D eigenvalue weighted by Gasteiger charge is -2.16. The van der Waals surface area contributed by atoms with Crippen molar-refractivity contribution in [2.24, 2.45) is 17.6 Å². The van der Waals surface area contributed by atoms with Gasteiger partial charge in [0.25, 0.3) is 0 Å². The van der Waals surface area contributed by atoms with E-state index < -0.39 is 30.6 Å². The first kappa shape index (κ1) is 15.7. The van der Waals surface area contributed by atoms with Crippen LogP contribution in [0.1, 0.15) is 26.7 Å². The van der Waals surface area contributed by atoms with E-state index in [1.165, 1.54) is 0 Å². The molecule has 0 aliphatic carbocycles. The van der Waals surface area contributed by atoms with Crippen molar-refractivity contribution < 1.29 is 27.5 Å². The molecule has 0 aromatic heterocycles. The molecule has 7 heteroatoms. The first-order valence-electron chi connectivity index (χ1n) is 5.15. The third-order valence-electron chi connectivity index (χ3n) is 2.23. The standard InChI is InChI=1S/C10H16F3NO3/c1-6(2)7(9(14)16)3-4-8(15)17-5-10(11,12)13/h6-7H,3-5H2,1-2H3,(H2,14,16)/t7-/m0/s1. The highest BCUT2D eigenvalue weighted by atomic mass is 19.4. The van der Waals surface area contributed by atoms with Gasteiger partial charge in [-0.05, 0) is 12.3 Å². The van der Waals surface area contributed by atoms with E-state index >= 15 is 0 Å². The molecule has 0 unspecified atom stereocenters. The number of alkyl halides is 3. The van der Waals surface area contributed by atoms with Gasteiger partial charge in [-0.3, -0.25) is 9.59 Å². The van der Waals surface area contributed by atoms with Gasteiger partial charge < -0.3 is 10.5 Å². The molecule has 0 aromatic rings. The number of amides is 1. The van der Waals surface area contributed by atoms with Gasteiger partial charge in [-0.1, -0.05) is 13.8 Å². The van der Waals surface area contributed by atoms with Gasteiger partial charge >= 0.3 is 12.1 Å². The molecule has 17 heavy (non-hydrogen) atoms. The van der Waals surface area contributed by atoms with E-state index in [2.05, 4.69) is 4.74 Å². The van der Waals surface area contributed by atoms with Crippen LogP contribution < -0.4 is 5.73 Å². The van der Waals surface area contributed by atoms with Crippen LogP contribution in [0, 0.1) is 11.8 Å². The van der Waals surface area contributed by atoms with Crippen LogP contribution in [0.3, 0.4) is 0 Å². The summed E-state index contributed by atoms with van der Waals surface area (Å²) in [5.74, 6) is -2.14. The highest BCUT2D eigenvalue weighted by molar-refractivity contribution is 5.78. The lowest BCUT2D eigenvalue weighted by atomic mass is 9.91. The Morgan fingerprint density at radius 1 is 1.29 bits per heavy atom. The summed E-state index contributed by atoms with van der Waals surface area (Å²) in [5.41, 5.74) is 5.10. The Balaban J connectivity index is 4.02. The minimum absolute atomic E-state index is 0.0667. The number of rotatable bonds is 6. The third-order valence-corrected chi connectivity index (χ3v) is 2.23. The molecule has 0 saturated carbocycles. The fourth-order valence-electron chi connectivity index (χ4n) is 1.31. The Kier molecular flexibility index (Phi) is 5.98. The molecule has 0 heterocycles. The lowest BCUT2D eigenvalue weighted by molar-refractivity contribution is -0.186. The van der Waals surface area contributed by atoms with Gasteiger partial charge in [0, 0.05) is 12.3 Å². The van der Waals surface area contributed by atoms with Crippen LogP contribution in [0.25, 0.3) is 0 Å². The minimum Gasteiger partial charge on any atom is -0.456 e. The van der Waals surface area contributed by atoms with Crippen molar-refractivity contribution in [2.45, 2.75) is 32.9 Å². The third kappa shape index (κ3) is 7.59. The van der Waals surface area contributed by atoms with Crippen LogP contribution in [0.15, 0.2) is 0 Å². The van der Waals surface area contributed by atoms with Crippen LogP contribution in [0.4, 0.5) is 13.2 Å². The summed E-state index contributed by atoms with van der Waals surface area (Å²) >= 11 is 0. The maximum absolute atomic E-state index is 11.7. The predicted molar refractivity (Wildman–Crippen MR) is 53.8 cm³/mol. The Hall–Kier alpha value is -1.27. The summed E-state index contributed by atoms with van der Waals surface area (Å²) in [6.07, 6.45) is -4.68. The largest absolute Gasteiger partial charge is 0.456 e. The molecule has 0 fully saturated rings. The number of carbonyl (C=O) groups excluding carboxylic acids is 2. The predicted octanol–water partition coefficient (Wildman–Crippen LogP) is 1.63. The van der Waals surface area contributed by atoms with Crippen LogP contribution in [-0.4, -0.2) is 24.7 Å². The number of nitrogens with two attached hydrogens (primary N) is 1. The Labute approximate surface area is 97.3 Å². The Bertz CT molecular complexity index is 276. The van der Waals surface area contributed by atoms with Gasteiger partial charge in [0.05, 0.1) is 0 Å². The number of halogens is 3. The number of ether oxygens (including phenoxy) is 1. The number of esters is 1. The number of carbonyl (C=O) groups is 2. The van der Waals surface area contributed by atoms with Crippen LogP contribution in [0.5, 0.6) is 0 Å². The molecule has 0 bridgehead atoms. The van der Waals surface area contributed by atoms with Crippen LogP contribution in [0.2, 0.25) is 0 Å². The van der Waals surface area contributed by atoms with E-state index in [0.29, 0.717) is 0 Å². The fourth-order valence-corrected chi connectivity index (χ4v) is 1.31. The van der Waals surface area contributed by atoms with E-state index in [1.54, 1.807) is 13.8 Å². The van der Waals surface area contributed by atoms with Gasteiger partial charge in [-0.15, -0.1) is 0 Å². The van der Waals surface area contributed by atoms with Gasteiger partial charge in [0.2, 0.25) is 5.91 Å². The fraction of sp³-hybridized carbons (Fsp3) is 0.800. The first-order chi connectivity index (χ1) is 7.63. The summed E-state index contributed by atoms with van der Waals surface area (Å²) in [5, 5.41) is 0. The molecule has 0 aromatic carbocycles. The maximum Gasteiger partial charge on any atom is 0.422 e. The summed E-state index contributed by atoms with van der Waals surface area (Å²) in [6.45, 7) is 1.89. The van der Waals surface area contributed by atoms with Crippen LogP contribution in [-0.2, 0) is 14.3 Å². The van der Waals surface area contributed by atoms with Gasteiger partial charge in [-0.25, -0.2) is 0 Å². The van der Waals surface area contributed by atoms with E-state index in [-0.39, 0.29) is 18.8 Å². The number of hydrogen-bond donors (Lipinski definition) is 1. The molecule has 100 valence electrons. The Morgan fingerprint density at radius 3 is 2.18 bits per heavy atom. The highest BCUT2D eigenvalue weighted by Gasteiger charge is 2.30. The van der Waals surface area contributed by atoms with Gasteiger partial charge in [-0.2, -0.15) is 13.2 Å². The molecule has 1 atom stereocenters. The highest BCUT2D eigenvalue weighted by Crippen LogP contribution is 2.18. The average Bonchev–Trinajstić information content (AvgIpc) is 2.12. The topological polar surface area (TPSA) is 69.4 Å². The monoisotopic (exact) mass is 255 g/mol. The minimum atomic E-state index is -4.53. The van der Waals surface area contributed by atoms with Crippen molar-refractivity contribution in [3.63, 3.8) is 0 Å². The summed E-state index contributed by atoms with van der Waals surface area (Å²) in [7, 11) is 0. The lowest BCUT2D eigenvalue weighted by Crippen LogP contribution is -2.28. The van der Waals surface area contributed by atoms with Crippen molar-refractivity contribution in [1.82, 2.24) is 0 Å². The van der Waals surface area contributed by atoms with Crippen molar-refractivity contribution in [3.05, 3.63) is 0 Å². The second-order valence-corrected chi connectivity index (χ2v) is 4.07. The molecular weight excluding hydrogens is 239 g/mol. The van der Waals surface area contributed by atoms with Gasteiger partial charge in [0.15, 0.2) is 6.61 Å². The van der Waals surface area contributed by atoms with Gasteiger partial charge in [0.1, 0.15) is 0 Å². The van der Waals surface area contributed by atoms with Crippen molar-refractivity contribution in [1.29, 1.82) is 0 Å². The smallest absolute Gasteiger partial charge is 0.422 e. The van der Waals surface area contributed by atoms with E-state index in [4.69, 9.17) is 5.73 Å². The van der Waals surface area contributed by atoms with Crippen LogP contribution >= 0.6 is 0 Å². The molecule has 0 rings (SSSR count). The summed E-state index contributed by atoms with van der Waals surface area (Å²) in [4.78, 5) is 21.9. The molecular formula is C10H16F3NO3. The summed E-state index contributed by atoms with van der Waals surface area (Å²) < 4.78 is 39.2. The molecule has 0 radical (unpaired) electrons. The summed E-state index contributed by atoms with van der Waals surface area (Å²) in [6, 6.07) is 0. The number of primary amides is 1. The van der Waals surface area contributed by atoms with E-state index in [1.807, 2.05) is 0 Å². The average molecular weight is 255 g/mol. The Morgan fingerprint density at radius 2 is 1.82 bits per heavy atom. The normalized spacial score (nSPS) is 13.5. The van der Waals surface area contributed by atoms with Crippen molar-refractivity contribution >= 4 is 11.9 Å². The molecule has 4 nitrogen and oxygen atoms in total. The molecule has 0 aliphatic rings. The zero-order chi connectivity index (χ0) is 13.6. The molecule has 1 amide bonds. The maximum atomic E-state index is 11.7. The van der Waals surface area contributed by atoms with Crippen molar-refractivity contribution in [2.75, 3.05) is 6.61 Å². The second-order valence-electron chi connectivity index (χ2n) is 4.07. The van der Waals surface area contributed by atoms with E-state index in [9.17, 15) is 22.8 Å².